The van der Waals surface area contributed by atoms with Crippen LogP contribution in [0.25, 0.3) is 0 Å². The Hall–Kier alpha value is -2.92. The maximum atomic E-state index is 12.6. The third kappa shape index (κ3) is 5.08. The van der Waals surface area contributed by atoms with Crippen LogP contribution in [0, 0.1) is 0 Å². The number of rotatable bonds is 8. The highest BCUT2D eigenvalue weighted by molar-refractivity contribution is 7.98. The molecule has 144 valence electrons. The first kappa shape index (κ1) is 19.8. The molecule has 3 aromatic rings. The molecular formula is C23H23NO3S. The van der Waals surface area contributed by atoms with E-state index in [1.165, 1.54) is 4.90 Å². The third-order valence-corrected chi connectivity index (χ3v) is 5.38. The molecular weight excluding hydrogens is 370 g/mol. The molecule has 4 nitrogen and oxygen atoms in total. The van der Waals surface area contributed by atoms with E-state index < -0.39 is 0 Å². The molecule has 3 aromatic carbocycles. The van der Waals surface area contributed by atoms with E-state index >= 15 is 0 Å². The molecule has 0 saturated heterocycles. The monoisotopic (exact) mass is 393 g/mol. The van der Waals surface area contributed by atoms with Crippen LogP contribution >= 0.6 is 11.8 Å². The smallest absolute Gasteiger partial charge is 0.251 e. The molecule has 0 spiro atoms. The van der Waals surface area contributed by atoms with Gasteiger partial charge in [0.25, 0.3) is 5.91 Å². The number of ether oxygens (including phenoxy) is 2. The van der Waals surface area contributed by atoms with Gasteiger partial charge in [0.1, 0.15) is 11.5 Å². The Kier molecular flexibility index (Phi) is 6.98. The van der Waals surface area contributed by atoms with E-state index in [0.29, 0.717) is 23.6 Å². The zero-order valence-corrected chi connectivity index (χ0v) is 16.8. The van der Waals surface area contributed by atoms with Crippen LogP contribution in [0.15, 0.2) is 77.7 Å². The second-order valence-electron chi connectivity index (χ2n) is 6.13. The number of benzene rings is 3. The molecule has 5 heteroatoms. The number of hydrogen-bond acceptors (Lipinski definition) is 4. The van der Waals surface area contributed by atoms with Gasteiger partial charge in [-0.3, -0.25) is 4.79 Å². The molecule has 0 unspecified atom stereocenters. The summed E-state index contributed by atoms with van der Waals surface area (Å²) in [6.07, 6.45) is 0. The second-order valence-corrected chi connectivity index (χ2v) is 7.17. The first-order chi connectivity index (χ1) is 13.7. The summed E-state index contributed by atoms with van der Waals surface area (Å²) < 4.78 is 10.8. The SMILES string of the molecule is COc1cccc(OC)c1CNC(=O)c1cccc(CSc2ccccc2)c1. The van der Waals surface area contributed by atoms with Gasteiger partial charge in [-0.2, -0.15) is 0 Å². The summed E-state index contributed by atoms with van der Waals surface area (Å²) in [6, 6.07) is 23.5. The van der Waals surface area contributed by atoms with Gasteiger partial charge in [0.05, 0.1) is 26.3 Å². The molecule has 0 radical (unpaired) electrons. The quantitative estimate of drug-likeness (QED) is 0.552. The van der Waals surface area contributed by atoms with Crippen LogP contribution in [-0.2, 0) is 12.3 Å². The summed E-state index contributed by atoms with van der Waals surface area (Å²) in [5.74, 6) is 2.06. The second kappa shape index (κ2) is 9.85. The number of amides is 1. The van der Waals surface area contributed by atoms with Crippen LogP contribution in [0.4, 0.5) is 0 Å². The lowest BCUT2D eigenvalue weighted by Crippen LogP contribution is -2.23. The van der Waals surface area contributed by atoms with Gasteiger partial charge in [0.2, 0.25) is 0 Å². The highest BCUT2D eigenvalue weighted by Gasteiger charge is 2.12. The van der Waals surface area contributed by atoms with Gasteiger partial charge in [-0.25, -0.2) is 0 Å². The van der Waals surface area contributed by atoms with Crippen molar-refractivity contribution in [3.05, 3.63) is 89.5 Å². The molecule has 0 fully saturated rings. The molecule has 0 aliphatic heterocycles. The van der Waals surface area contributed by atoms with E-state index in [4.69, 9.17) is 9.47 Å². The van der Waals surface area contributed by atoms with Crippen molar-refractivity contribution in [1.82, 2.24) is 5.32 Å². The van der Waals surface area contributed by atoms with Crippen molar-refractivity contribution in [2.75, 3.05) is 14.2 Å². The maximum Gasteiger partial charge on any atom is 0.251 e. The van der Waals surface area contributed by atoms with Gasteiger partial charge in [-0.15, -0.1) is 11.8 Å². The van der Waals surface area contributed by atoms with E-state index in [9.17, 15) is 4.79 Å². The Morgan fingerprint density at radius 1 is 0.893 bits per heavy atom. The van der Waals surface area contributed by atoms with Crippen molar-refractivity contribution in [2.45, 2.75) is 17.2 Å². The number of nitrogens with one attached hydrogen (secondary N) is 1. The van der Waals surface area contributed by atoms with Crippen molar-refractivity contribution in [3.63, 3.8) is 0 Å². The normalized spacial score (nSPS) is 10.4. The molecule has 0 saturated carbocycles. The Morgan fingerprint density at radius 3 is 2.25 bits per heavy atom. The number of thioether (sulfide) groups is 1. The maximum absolute atomic E-state index is 12.6. The standard InChI is InChI=1S/C23H23NO3S/c1-26-21-12-7-13-22(27-2)20(21)15-24-23(25)18-9-6-8-17(14-18)16-28-19-10-4-3-5-11-19/h3-14H,15-16H2,1-2H3,(H,24,25). The minimum Gasteiger partial charge on any atom is -0.496 e. The summed E-state index contributed by atoms with van der Waals surface area (Å²) in [5.41, 5.74) is 2.56. The Balaban J connectivity index is 1.65. The first-order valence-corrected chi connectivity index (χ1v) is 9.94. The molecule has 0 atom stereocenters. The zero-order valence-electron chi connectivity index (χ0n) is 16.0. The summed E-state index contributed by atoms with van der Waals surface area (Å²) in [6.45, 7) is 0.328. The fraction of sp³-hybridized carbons (Fsp3) is 0.174. The van der Waals surface area contributed by atoms with Crippen molar-refractivity contribution in [3.8, 4) is 11.5 Å². The predicted octanol–water partition coefficient (Wildman–Crippen LogP) is 4.93. The molecule has 0 aliphatic rings. The minimum absolute atomic E-state index is 0.125. The topological polar surface area (TPSA) is 47.6 Å². The van der Waals surface area contributed by atoms with Crippen LogP contribution in [0.1, 0.15) is 21.5 Å². The fourth-order valence-electron chi connectivity index (χ4n) is 2.86. The van der Waals surface area contributed by atoms with E-state index in [-0.39, 0.29) is 5.91 Å². The molecule has 0 aromatic heterocycles. The lowest BCUT2D eigenvalue weighted by Gasteiger charge is -2.14. The van der Waals surface area contributed by atoms with Crippen LogP contribution in [-0.4, -0.2) is 20.1 Å². The van der Waals surface area contributed by atoms with Crippen LogP contribution in [0.5, 0.6) is 11.5 Å². The van der Waals surface area contributed by atoms with Gasteiger partial charge in [0, 0.05) is 16.2 Å². The number of hydrogen-bond donors (Lipinski definition) is 1. The molecule has 0 heterocycles. The Morgan fingerprint density at radius 2 is 1.57 bits per heavy atom. The summed E-state index contributed by atoms with van der Waals surface area (Å²) in [4.78, 5) is 13.9. The Labute approximate surface area is 169 Å². The molecule has 1 amide bonds. The van der Waals surface area contributed by atoms with Gasteiger partial charge < -0.3 is 14.8 Å². The largest absolute Gasteiger partial charge is 0.496 e. The lowest BCUT2D eigenvalue weighted by molar-refractivity contribution is 0.0950. The van der Waals surface area contributed by atoms with E-state index in [1.54, 1.807) is 26.0 Å². The molecule has 0 bridgehead atoms. The Bertz CT molecular complexity index is 906. The summed E-state index contributed by atoms with van der Waals surface area (Å²) >= 11 is 1.75. The average Bonchev–Trinajstić information content (AvgIpc) is 2.76. The average molecular weight is 394 g/mol. The van der Waals surface area contributed by atoms with E-state index in [0.717, 1.165) is 16.9 Å². The van der Waals surface area contributed by atoms with Crippen molar-refractivity contribution in [2.24, 2.45) is 0 Å². The van der Waals surface area contributed by atoms with Gasteiger partial charge in [-0.1, -0.05) is 36.4 Å². The van der Waals surface area contributed by atoms with E-state index in [2.05, 4.69) is 17.4 Å². The van der Waals surface area contributed by atoms with Crippen LogP contribution < -0.4 is 14.8 Å². The fourth-order valence-corrected chi connectivity index (χ4v) is 3.72. The van der Waals surface area contributed by atoms with Gasteiger partial charge >= 0.3 is 0 Å². The molecule has 28 heavy (non-hydrogen) atoms. The minimum atomic E-state index is -0.125. The highest BCUT2D eigenvalue weighted by atomic mass is 32.2. The highest BCUT2D eigenvalue weighted by Crippen LogP contribution is 2.28. The van der Waals surface area contributed by atoms with Gasteiger partial charge in [0.15, 0.2) is 0 Å². The predicted molar refractivity (Wildman–Crippen MR) is 113 cm³/mol. The number of carbonyl (C=O) groups excluding carboxylic acids is 1. The van der Waals surface area contributed by atoms with Crippen LogP contribution in [0.2, 0.25) is 0 Å². The van der Waals surface area contributed by atoms with Crippen molar-refractivity contribution in [1.29, 1.82) is 0 Å². The zero-order chi connectivity index (χ0) is 19.8. The van der Waals surface area contributed by atoms with Crippen molar-refractivity contribution >= 4 is 17.7 Å². The molecule has 3 rings (SSSR count). The van der Waals surface area contributed by atoms with Gasteiger partial charge in [-0.05, 0) is 42.0 Å². The molecule has 0 aliphatic carbocycles. The third-order valence-electron chi connectivity index (χ3n) is 4.29. The van der Waals surface area contributed by atoms with Crippen molar-refractivity contribution < 1.29 is 14.3 Å². The lowest BCUT2D eigenvalue weighted by atomic mass is 10.1. The summed E-state index contributed by atoms with van der Waals surface area (Å²) in [7, 11) is 3.21. The first-order valence-electron chi connectivity index (χ1n) is 8.96. The molecule has 1 N–H and O–H groups in total. The number of carbonyl (C=O) groups is 1. The summed E-state index contributed by atoms with van der Waals surface area (Å²) in [5, 5.41) is 2.96. The van der Waals surface area contributed by atoms with Crippen LogP contribution in [0.3, 0.4) is 0 Å². The number of methoxy groups -OCH3 is 2. The van der Waals surface area contributed by atoms with E-state index in [1.807, 2.05) is 60.7 Å².